The van der Waals surface area contributed by atoms with Crippen molar-refractivity contribution in [3.8, 4) is 0 Å². The van der Waals surface area contributed by atoms with E-state index in [-0.39, 0.29) is 5.97 Å². The lowest BCUT2D eigenvalue weighted by Crippen LogP contribution is -2.46. The van der Waals surface area contributed by atoms with Crippen LogP contribution in [0.2, 0.25) is 0 Å². The first-order valence-electron chi connectivity index (χ1n) is 7.99. The minimum atomic E-state index is -0.398. The largest absolute Gasteiger partial charge is 0.459 e. The number of hydrogen-bond acceptors (Lipinski definition) is 4. The number of nitrogens with zero attached hydrogens (tertiary/aromatic N) is 1. The summed E-state index contributed by atoms with van der Waals surface area (Å²) in [7, 11) is 0. The highest BCUT2D eigenvalue weighted by molar-refractivity contribution is 5.72. The van der Waals surface area contributed by atoms with Crippen molar-refractivity contribution < 1.29 is 9.53 Å². The molecule has 0 aromatic heterocycles. The third-order valence-corrected chi connectivity index (χ3v) is 3.78. The van der Waals surface area contributed by atoms with Crippen molar-refractivity contribution in [1.29, 1.82) is 0 Å². The molecule has 2 atom stereocenters. The average Bonchev–Trinajstić information content (AvgIpc) is 2.34. The SMILES string of the molecule is CCCN1CCCC(C(C)NCC(=O)OC(C)(C)C)C1. The smallest absolute Gasteiger partial charge is 0.320 e. The zero-order valence-corrected chi connectivity index (χ0v) is 13.9. The summed E-state index contributed by atoms with van der Waals surface area (Å²) in [4.78, 5) is 14.3. The van der Waals surface area contributed by atoms with Gasteiger partial charge in [0.2, 0.25) is 0 Å². The van der Waals surface area contributed by atoms with E-state index in [0.29, 0.717) is 18.5 Å². The summed E-state index contributed by atoms with van der Waals surface area (Å²) in [6, 6.07) is 0.363. The van der Waals surface area contributed by atoms with E-state index in [9.17, 15) is 4.79 Å². The number of piperidine rings is 1. The summed E-state index contributed by atoms with van der Waals surface area (Å²) in [5.74, 6) is 0.475. The van der Waals surface area contributed by atoms with Gasteiger partial charge in [-0.05, 0) is 66.0 Å². The number of esters is 1. The Morgan fingerprint density at radius 2 is 2.15 bits per heavy atom. The van der Waals surface area contributed by atoms with Crippen molar-refractivity contribution in [1.82, 2.24) is 10.2 Å². The molecule has 0 amide bonds. The monoisotopic (exact) mass is 284 g/mol. The van der Waals surface area contributed by atoms with E-state index in [1.807, 2.05) is 20.8 Å². The standard InChI is InChI=1S/C16H32N2O2/c1-6-9-18-10-7-8-14(12-18)13(2)17-11-15(19)20-16(3,4)5/h13-14,17H,6-12H2,1-5H3. The molecule has 118 valence electrons. The van der Waals surface area contributed by atoms with Gasteiger partial charge >= 0.3 is 5.97 Å². The highest BCUT2D eigenvalue weighted by Gasteiger charge is 2.25. The van der Waals surface area contributed by atoms with E-state index in [2.05, 4.69) is 24.1 Å². The summed E-state index contributed by atoms with van der Waals surface area (Å²) >= 11 is 0. The van der Waals surface area contributed by atoms with Crippen molar-refractivity contribution in [3.05, 3.63) is 0 Å². The van der Waals surface area contributed by atoms with Crippen molar-refractivity contribution in [3.63, 3.8) is 0 Å². The van der Waals surface area contributed by atoms with E-state index >= 15 is 0 Å². The lowest BCUT2D eigenvalue weighted by atomic mass is 9.91. The molecule has 1 rings (SSSR count). The Kier molecular flexibility index (Phi) is 6.96. The molecule has 0 aliphatic carbocycles. The molecule has 20 heavy (non-hydrogen) atoms. The van der Waals surface area contributed by atoms with Gasteiger partial charge in [0.05, 0.1) is 6.54 Å². The molecule has 1 aliphatic rings. The Morgan fingerprint density at radius 3 is 2.75 bits per heavy atom. The lowest BCUT2D eigenvalue weighted by Gasteiger charge is -2.36. The van der Waals surface area contributed by atoms with Crippen molar-refractivity contribution in [2.24, 2.45) is 5.92 Å². The van der Waals surface area contributed by atoms with Gasteiger partial charge in [-0.3, -0.25) is 4.79 Å². The van der Waals surface area contributed by atoms with Gasteiger partial charge in [-0.1, -0.05) is 6.92 Å². The van der Waals surface area contributed by atoms with Crippen LogP contribution in [0.4, 0.5) is 0 Å². The second-order valence-corrected chi connectivity index (χ2v) is 6.96. The fraction of sp³-hybridized carbons (Fsp3) is 0.938. The fourth-order valence-electron chi connectivity index (χ4n) is 2.81. The predicted molar refractivity (Wildman–Crippen MR) is 82.8 cm³/mol. The van der Waals surface area contributed by atoms with E-state index in [4.69, 9.17) is 4.74 Å². The first-order chi connectivity index (χ1) is 9.31. The Labute approximate surface area is 124 Å². The lowest BCUT2D eigenvalue weighted by molar-refractivity contribution is -0.153. The highest BCUT2D eigenvalue weighted by atomic mass is 16.6. The average molecular weight is 284 g/mol. The van der Waals surface area contributed by atoms with E-state index in [0.717, 1.165) is 6.54 Å². The molecular weight excluding hydrogens is 252 g/mol. The van der Waals surface area contributed by atoms with Gasteiger partial charge in [0.15, 0.2) is 0 Å². The first kappa shape index (κ1) is 17.4. The number of ether oxygens (including phenoxy) is 1. The third-order valence-electron chi connectivity index (χ3n) is 3.78. The van der Waals surface area contributed by atoms with Crippen LogP contribution >= 0.6 is 0 Å². The molecule has 0 bridgehead atoms. The van der Waals surface area contributed by atoms with Gasteiger partial charge in [-0.15, -0.1) is 0 Å². The van der Waals surface area contributed by atoms with Crippen LogP contribution in [0.25, 0.3) is 0 Å². The molecule has 0 saturated carbocycles. The normalized spacial score (nSPS) is 22.6. The zero-order chi connectivity index (χ0) is 15.2. The van der Waals surface area contributed by atoms with Crippen LogP contribution in [-0.2, 0) is 9.53 Å². The molecule has 1 N–H and O–H groups in total. The van der Waals surface area contributed by atoms with Crippen LogP contribution in [0, 0.1) is 5.92 Å². The van der Waals surface area contributed by atoms with Gasteiger partial charge in [-0.25, -0.2) is 0 Å². The van der Waals surface area contributed by atoms with Crippen LogP contribution in [0.1, 0.15) is 53.9 Å². The Bertz CT molecular complexity index is 297. The molecule has 1 fully saturated rings. The molecule has 0 spiro atoms. The molecule has 1 saturated heterocycles. The van der Waals surface area contributed by atoms with Crippen molar-refractivity contribution >= 4 is 5.97 Å². The highest BCUT2D eigenvalue weighted by Crippen LogP contribution is 2.19. The minimum absolute atomic E-state index is 0.162. The second kappa shape index (κ2) is 7.99. The second-order valence-electron chi connectivity index (χ2n) is 6.96. The number of hydrogen-bond donors (Lipinski definition) is 1. The molecule has 4 heteroatoms. The molecule has 1 aliphatic heterocycles. The summed E-state index contributed by atoms with van der Waals surface area (Å²) in [5, 5.41) is 3.34. The topological polar surface area (TPSA) is 41.6 Å². The Morgan fingerprint density at radius 1 is 1.45 bits per heavy atom. The molecule has 4 nitrogen and oxygen atoms in total. The molecule has 0 aromatic rings. The van der Waals surface area contributed by atoms with Gasteiger partial charge in [0.25, 0.3) is 0 Å². The maximum absolute atomic E-state index is 11.7. The third kappa shape index (κ3) is 6.71. The Balaban J connectivity index is 2.31. The summed E-state index contributed by atoms with van der Waals surface area (Å²) < 4.78 is 5.32. The molecule has 0 radical (unpaired) electrons. The van der Waals surface area contributed by atoms with Crippen molar-refractivity contribution in [2.45, 2.75) is 65.5 Å². The van der Waals surface area contributed by atoms with Crippen LogP contribution in [0.15, 0.2) is 0 Å². The van der Waals surface area contributed by atoms with Crippen LogP contribution in [0.3, 0.4) is 0 Å². The number of carbonyl (C=O) groups is 1. The van der Waals surface area contributed by atoms with Gasteiger partial charge in [0.1, 0.15) is 5.60 Å². The van der Waals surface area contributed by atoms with Gasteiger partial charge in [0, 0.05) is 12.6 Å². The molecular formula is C16H32N2O2. The van der Waals surface area contributed by atoms with E-state index in [1.165, 1.54) is 32.4 Å². The van der Waals surface area contributed by atoms with E-state index in [1.54, 1.807) is 0 Å². The maximum Gasteiger partial charge on any atom is 0.320 e. The number of nitrogens with one attached hydrogen (secondary N) is 1. The summed E-state index contributed by atoms with van der Waals surface area (Å²) in [6.07, 6.45) is 3.73. The van der Waals surface area contributed by atoms with Crippen LogP contribution < -0.4 is 5.32 Å². The summed E-state index contributed by atoms with van der Waals surface area (Å²) in [5.41, 5.74) is -0.398. The van der Waals surface area contributed by atoms with Crippen LogP contribution in [-0.4, -0.2) is 48.7 Å². The Hall–Kier alpha value is -0.610. The zero-order valence-electron chi connectivity index (χ0n) is 13.9. The number of rotatable bonds is 6. The van der Waals surface area contributed by atoms with Crippen molar-refractivity contribution in [2.75, 3.05) is 26.2 Å². The molecule has 1 heterocycles. The van der Waals surface area contributed by atoms with Gasteiger partial charge in [-0.2, -0.15) is 0 Å². The first-order valence-corrected chi connectivity index (χ1v) is 7.99. The number of likely N-dealkylation sites (tertiary alicyclic amines) is 1. The fourth-order valence-corrected chi connectivity index (χ4v) is 2.81. The maximum atomic E-state index is 11.7. The number of carbonyl (C=O) groups excluding carboxylic acids is 1. The molecule has 0 aromatic carbocycles. The predicted octanol–water partition coefficient (Wildman–Crippen LogP) is 2.43. The van der Waals surface area contributed by atoms with E-state index < -0.39 is 5.60 Å². The molecule has 2 unspecified atom stereocenters. The minimum Gasteiger partial charge on any atom is -0.459 e. The van der Waals surface area contributed by atoms with Crippen LogP contribution in [0.5, 0.6) is 0 Å². The van der Waals surface area contributed by atoms with Gasteiger partial charge < -0.3 is 15.0 Å². The summed E-state index contributed by atoms with van der Waals surface area (Å²) in [6.45, 7) is 14.0. The quantitative estimate of drug-likeness (QED) is 0.761.